The summed E-state index contributed by atoms with van der Waals surface area (Å²) < 4.78 is 27.4. The summed E-state index contributed by atoms with van der Waals surface area (Å²) >= 11 is 4.42. The fourth-order valence-corrected chi connectivity index (χ4v) is 7.20. The summed E-state index contributed by atoms with van der Waals surface area (Å²) in [5.74, 6) is -0.812. The Hall–Kier alpha value is -1.03. The molecule has 6 nitrogen and oxygen atoms in total. The summed E-state index contributed by atoms with van der Waals surface area (Å²) in [6.45, 7) is 0.365. The summed E-state index contributed by atoms with van der Waals surface area (Å²) in [4.78, 5) is 26.3. The van der Waals surface area contributed by atoms with Crippen molar-refractivity contribution >= 4 is 49.1 Å². The number of rotatable bonds is 3. The lowest BCUT2D eigenvalue weighted by Gasteiger charge is -2.41. The lowest BCUT2D eigenvalue weighted by molar-refractivity contribution is -0.145. The summed E-state index contributed by atoms with van der Waals surface area (Å²) in [5, 5.41) is 0. The third-order valence-electron chi connectivity index (χ3n) is 4.88. The van der Waals surface area contributed by atoms with E-state index in [2.05, 4.69) is 15.9 Å². The van der Waals surface area contributed by atoms with Crippen LogP contribution in [0, 0.1) is 11.8 Å². The number of nitrogens with zero attached hydrogens (tertiary/aromatic N) is 2. The molecule has 4 rings (SSSR count). The van der Waals surface area contributed by atoms with E-state index in [1.165, 1.54) is 9.21 Å². The van der Waals surface area contributed by atoms with Crippen molar-refractivity contribution in [3.63, 3.8) is 0 Å². The number of carbonyl (C=O) groups excluding carboxylic acids is 2. The predicted octanol–water partition coefficient (Wildman–Crippen LogP) is 1.83. The van der Waals surface area contributed by atoms with Crippen LogP contribution in [0.1, 0.15) is 12.8 Å². The number of carbonyl (C=O) groups is 2. The maximum absolute atomic E-state index is 12.5. The second-order valence-electron chi connectivity index (χ2n) is 6.24. The second kappa shape index (κ2) is 5.76. The number of hydrogen-bond donors (Lipinski definition) is 0. The van der Waals surface area contributed by atoms with Gasteiger partial charge < -0.3 is 0 Å². The first kappa shape index (κ1) is 16.4. The maximum atomic E-state index is 12.5. The molecule has 2 aliphatic heterocycles. The second-order valence-corrected chi connectivity index (χ2v) is 10.9. The van der Waals surface area contributed by atoms with E-state index < -0.39 is 10.0 Å². The van der Waals surface area contributed by atoms with Gasteiger partial charge >= 0.3 is 0 Å². The van der Waals surface area contributed by atoms with Gasteiger partial charge in [0.15, 0.2) is 0 Å². The van der Waals surface area contributed by atoms with E-state index in [0.717, 1.165) is 15.1 Å². The van der Waals surface area contributed by atoms with Crippen molar-refractivity contribution < 1.29 is 18.0 Å². The van der Waals surface area contributed by atoms with Crippen LogP contribution in [0.25, 0.3) is 0 Å². The third-order valence-corrected chi connectivity index (χ3v) is 8.80. The molecule has 0 aromatic carbocycles. The summed E-state index contributed by atoms with van der Waals surface area (Å²) in [6, 6.07) is 2.91. The third kappa shape index (κ3) is 2.40. The Morgan fingerprint density at radius 2 is 1.62 bits per heavy atom. The number of sulfonamides is 1. The molecule has 1 aliphatic carbocycles. The summed E-state index contributed by atoms with van der Waals surface area (Å²) in [6.07, 6.45) is 5.09. The van der Waals surface area contributed by atoms with Gasteiger partial charge in [-0.15, -0.1) is 11.3 Å². The smallest absolute Gasteiger partial charge is 0.252 e. The van der Waals surface area contributed by atoms with E-state index in [0.29, 0.717) is 12.8 Å². The standard InChI is InChI=1S/C15H15BrN2O4S2/c16-12-5-6-13(23-12)24(21,22)17-7-9(8-17)18-14(19)10-3-1-2-4-11(10)15(18)20/h1-2,5-6,9-11H,3-4,7-8H2. The van der Waals surface area contributed by atoms with Gasteiger partial charge in [0.05, 0.1) is 21.7 Å². The molecular weight excluding hydrogens is 416 g/mol. The molecule has 2 fully saturated rings. The van der Waals surface area contributed by atoms with Gasteiger partial charge in [-0.05, 0) is 40.9 Å². The van der Waals surface area contributed by atoms with Crippen LogP contribution in [0.5, 0.6) is 0 Å². The first-order valence-corrected chi connectivity index (χ1v) is 10.7. The molecule has 128 valence electrons. The van der Waals surface area contributed by atoms with Gasteiger partial charge in [0.25, 0.3) is 10.0 Å². The molecule has 2 saturated heterocycles. The number of thiophene rings is 1. The van der Waals surface area contributed by atoms with Crippen LogP contribution in [0.15, 0.2) is 32.3 Å². The zero-order valence-corrected chi connectivity index (χ0v) is 15.8. The van der Waals surface area contributed by atoms with E-state index in [1.54, 1.807) is 12.1 Å². The Balaban J connectivity index is 1.48. The molecule has 0 spiro atoms. The lowest BCUT2D eigenvalue weighted by atomic mass is 9.85. The number of allylic oxidation sites excluding steroid dienone is 2. The van der Waals surface area contributed by atoms with Crippen LogP contribution < -0.4 is 0 Å². The van der Waals surface area contributed by atoms with Crippen molar-refractivity contribution in [2.45, 2.75) is 23.1 Å². The molecule has 0 saturated carbocycles. The van der Waals surface area contributed by atoms with Crippen molar-refractivity contribution in [3.05, 3.63) is 28.1 Å². The Bertz CT molecular complexity index is 815. The van der Waals surface area contributed by atoms with Gasteiger partial charge in [-0.25, -0.2) is 8.42 Å². The molecule has 2 amide bonds. The van der Waals surface area contributed by atoms with Crippen molar-refractivity contribution in [2.75, 3.05) is 13.1 Å². The van der Waals surface area contributed by atoms with Crippen molar-refractivity contribution in [1.82, 2.24) is 9.21 Å². The van der Waals surface area contributed by atoms with E-state index in [9.17, 15) is 18.0 Å². The van der Waals surface area contributed by atoms with Gasteiger partial charge in [0.2, 0.25) is 11.8 Å². The highest BCUT2D eigenvalue weighted by Crippen LogP contribution is 2.38. The number of fused-ring (bicyclic) bond motifs is 1. The number of likely N-dealkylation sites (tertiary alicyclic amines) is 1. The topological polar surface area (TPSA) is 74.8 Å². The SMILES string of the molecule is O=C1C2CC=CCC2C(=O)N1C1CN(S(=O)(=O)c2ccc(Br)s2)C1. The minimum absolute atomic E-state index is 0.143. The molecule has 2 atom stereocenters. The van der Waals surface area contributed by atoms with Crippen LogP contribution in [0.2, 0.25) is 0 Å². The lowest BCUT2D eigenvalue weighted by Crippen LogP contribution is -2.62. The van der Waals surface area contributed by atoms with Crippen molar-refractivity contribution in [2.24, 2.45) is 11.8 Å². The van der Waals surface area contributed by atoms with Crippen LogP contribution >= 0.6 is 27.3 Å². The first-order valence-electron chi connectivity index (χ1n) is 7.67. The Morgan fingerprint density at radius 3 is 2.12 bits per heavy atom. The molecular formula is C15H15BrN2O4S2. The van der Waals surface area contributed by atoms with Crippen LogP contribution in [-0.4, -0.2) is 48.6 Å². The van der Waals surface area contributed by atoms with Gasteiger partial charge in [-0.2, -0.15) is 4.31 Å². The highest BCUT2D eigenvalue weighted by molar-refractivity contribution is 9.11. The quantitative estimate of drug-likeness (QED) is 0.541. The molecule has 3 aliphatic rings. The first-order chi connectivity index (χ1) is 11.4. The van der Waals surface area contributed by atoms with Crippen molar-refractivity contribution in [1.29, 1.82) is 0 Å². The maximum Gasteiger partial charge on any atom is 0.252 e. The molecule has 2 unspecified atom stereocenters. The Kier molecular flexibility index (Phi) is 3.94. The molecule has 3 heterocycles. The Labute approximate surface area is 152 Å². The molecule has 1 aromatic heterocycles. The molecule has 0 N–H and O–H groups in total. The van der Waals surface area contributed by atoms with E-state index >= 15 is 0 Å². The average molecular weight is 431 g/mol. The molecule has 1 aromatic rings. The number of amides is 2. The molecule has 0 bridgehead atoms. The number of hydrogen-bond acceptors (Lipinski definition) is 5. The highest BCUT2D eigenvalue weighted by Gasteiger charge is 2.53. The van der Waals surface area contributed by atoms with E-state index in [4.69, 9.17) is 0 Å². The Morgan fingerprint density at radius 1 is 1.04 bits per heavy atom. The molecule has 0 radical (unpaired) electrons. The fourth-order valence-electron chi connectivity index (χ4n) is 3.53. The molecule has 24 heavy (non-hydrogen) atoms. The van der Waals surface area contributed by atoms with Crippen molar-refractivity contribution in [3.8, 4) is 0 Å². The number of imide groups is 1. The zero-order chi connectivity index (χ0) is 17.1. The van der Waals surface area contributed by atoms with Crippen LogP contribution in [0.4, 0.5) is 0 Å². The fraction of sp³-hybridized carbons (Fsp3) is 0.467. The van der Waals surface area contributed by atoms with E-state index in [1.807, 2.05) is 12.2 Å². The minimum Gasteiger partial charge on any atom is -0.276 e. The van der Waals surface area contributed by atoms with Crippen LogP contribution in [-0.2, 0) is 19.6 Å². The summed E-state index contributed by atoms with van der Waals surface area (Å²) in [5.41, 5.74) is 0. The van der Waals surface area contributed by atoms with Crippen LogP contribution in [0.3, 0.4) is 0 Å². The zero-order valence-electron chi connectivity index (χ0n) is 12.6. The number of halogens is 1. The van der Waals surface area contributed by atoms with Gasteiger partial charge in [-0.3, -0.25) is 14.5 Å². The molecule has 9 heteroatoms. The normalized spacial score (nSPS) is 28.3. The minimum atomic E-state index is -3.54. The predicted molar refractivity (Wildman–Crippen MR) is 91.8 cm³/mol. The van der Waals surface area contributed by atoms with Gasteiger partial charge in [0.1, 0.15) is 4.21 Å². The monoisotopic (exact) mass is 430 g/mol. The largest absolute Gasteiger partial charge is 0.276 e. The highest BCUT2D eigenvalue weighted by atomic mass is 79.9. The summed E-state index contributed by atoms with van der Waals surface area (Å²) in [7, 11) is -3.54. The average Bonchev–Trinajstić information content (AvgIpc) is 3.04. The van der Waals surface area contributed by atoms with Gasteiger partial charge in [0, 0.05) is 13.1 Å². The van der Waals surface area contributed by atoms with Gasteiger partial charge in [-0.1, -0.05) is 12.2 Å². The van der Waals surface area contributed by atoms with E-state index in [-0.39, 0.29) is 47.0 Å².